The van der Waals surface area contributed by atoms with Crippen LogP contribution in [0.15, 0.2) is 52.1 Å². The molecule has 1 aliphatic carbocycles. The lowest BCUT2D eigenvalue weighted by atomic mass is 9.68. The van der Waals surface area contributed by atoms with Crippen molar-refractivity contribution < 1.29 is 9.53 Å². The van der Waals surface area contributed by atoms with Gasteiger partial charge in [-0.2, -0.15) is 0 Å². The summed E-state index contributed by atoms with van der Waals surface area (Å²) in [5.41, 5.74) is 5.95. The molecule has 2 aliphatic heterocycles. The van der Waals surface area contributed by atoms with E-state index in [0.29, 0.717) is 6.42 Å². The Hall–Kier alpha value is -1.76. The van der Waals surface area contributed by atoms with Crippen LogP contribution in [-0.4, -0.2) is 42.6 Å². The number of carbonyl (C=O) groups excluding carboxylic acids is 1. The Morgan fingerprint density at radius 1 is 1.12 bits per heavy atom. The molecular weight excluding hydrogens is 484 g/mol. The SMILES string of the molecule is CSN1CCC(Oc2ccc3c(c2)C(C)(C)C2=C(Cc4ccc(Br)cc4N2C)C3=O)CC1. The first-order valence-electron chi connectivity index (χ1n) is 11.2. The van der Waals surface area contributed by atoms with E-state index in [4.69, 9.17) is 4.74 Å². The molecular formula is C26H29BrN2O2S. The van der Waals surface area contributed by atoms with Crippen LogP contribution in [0.1, 0.15) is 48.2 Å². The van der Waals surface area contributed by atoms with Crippen LogP contribution in [0.2, 0.25) is 0 Å². The van der Waals surface area contributed by atoms with Crippen molar-refractivity contribution in [3.05, 3.63) is 68.8 Å². The van der Waals surface area contributed by atoms with Crippen molar-refractivity contribution in [2.24, 2.45) is 0 Å². The van der Waals surface area contributed by atoms with E-state index in [9.17, 15) is 4.79 Å². The van der Waals surface area contributed by atoms with Crippen LogP contribution in [0.4, 0.5) is 5.69 Å². The molecule has 0 spiro atoms. The largest absolute Gasteiger partial charge is 0.490 e. The molecule has 2 aromatic carbocycles. The number of Topliss-reactive ketones (excluding diaryl/α,β-unsaturated/α-hetero) is 1. The minimum atomic E-state index is -0.297. The van der Waals surface area contributed by atoms with Crippen molar-refractivity contribution in [1.82, 2.24) is 4.31 Å². The molecule has 0 atom stereocenters. The second-order valence-corrected chi connectivity index (χ2v) is 11.2. The van der Waals surface area contributed by atoms with Crippen molar-refractivity contribution >= 4 is 39.3 Å². The third-order valence-corrected chi connectivity index (χ3v) is 8.51. The van der Waals surface area contributed by atoms with Gasteiger partial charge in [0.15, 0.2) is 5.78 Å². The lowest BCUT2D eigenvalue weighted by Gasteiger charge is -2.44. The Morgan fingerprint density at radius 2 is 1.88 bits per heavy atom. The summed E-state index contributed by atoms with van der Waals surface area (Å²) in [5, 5.41) is 0. The highest BCUT2D eigenvalue weighted by Crippen LogP contribution is 2.48. The monoisotopic (exact) mass is 512 g/mol. The molecule has 3 aliphatic rings. The van der Waals surface area contributed by atoms with Gasteiger partial charge in [0.2, 0.25) is 0 Å². The van der Waals surface area contributed by atoms with Gasteiger partial charge in [-0.1, -0.05) is 47.8 Å². The number of rotatable bonds is 3. The number of halogens is 1. The van der Waals surface area contributed by atoms with Crippen molar-refractivity contribution in [3.63, 3.8) is 0 Å². The number of hydrogen-bond acceptors (Lipinski definition) is 5. The number of allylic oxidation sites excluding steroid dienone is 2. The zero-order valence-corrected chi connectivity index (χ0v) is 21.5. The molecule has 0 unspecified atom stereocenters. The fraction of sp³-hybridized carbons (Fsp3) is 0.423. The molecule has 4 nitrogen and oxygen atoms in total. The minimum absolute atomic E-state index is 0.148. The number of hydrogen-bond donors (Lipinski definition) is 0. The molecule has 2 heterocycles. The van der Waals surface area contributed by atoms with Gasteiger partial charge in [-0.15, -0.1) is 0 Å². The smallest absolute Gasteiger partial charge is 0.191 e. The predicted octanol–water partition coefficient (Wildman–Crippen LogP) is 5.99. The summed E-state index contributed by atoms with van der Waals surface area (Å²) in [6.45, 7) is 6.56. The molecule has 0 aromatic heterocycles. The molecule has 6 heteroatoms. The molecule has 1 fully saturated rings. The van der Waals surface area contributed by atoms with Crippen molar-refractivity contribution in [2.45, 2.75) is 44.6 Å². The Morgan fingerprint density at radius 3 is 2.59 bits per heavy atom. The first kappa shape index (κ1) is 22.1. The summed E-state index contributed by atoms with van der Waals surface area (Å²) in [6, 6.07) is 12.4. The normalized spacial score (nSPS) is 20.7. The number of likely N-dealkylation sites (N-methyl/N-ethyl adjacent to an activating group) is 1. The van der Waals surface area contributed by atoms with E-state index in [1.54, 1.807) is 11.9 Å². The first-order valence-corrected chi connectivity index (χ1v) is 13.2. The number of carbonyl (C=O) groups is 1. The third-order valence-electron chi connectivity index (χ3n) is 7.13. The van der Waals surface area contributed by atoms with E-state index in [2.05, 4.69) is 76.6 Å². The topological polar surface area (TPSA) is 32.8 Å². The molecule has 0 radical (unpaired) electrons. The van der Waals surface area contributed by atoms with Crippen LogP contribution in [0.3, 0.4) is 0 Å². The van der Waals surface area contributed by atoms with E-state index in [1.807, 2.05) is 12.1 Å². The van der Waals surface area contributed by atoms with E-state index in [1.165, 1.54) is 5.56 Å². The number of anilines is 1. The Labute approximate surface area is 203 Å². The quantitative estimate of drug-likeness (QED) is 0.471. The fourth-order valence-corrected chi connectivity index (χ4v) is 6.43. The van der Waals surface area contributed by atoms with Crippen LogP contribution in [0, 0.1) is 0 Å². The summed E-state index contributed by atoms with van der Waals surface area (Å²) in [6.07, 6.45) is 5.10. The molecule has 0 N–H and O–H groups in total. The number of piperidine rings is 1. The number of ether oxygens (including phenoxy) is 1. The highest BCUT2D eigenvalue weighted by Gasteiger charge is 2.43. The minimum Gasteiger partial charge on any atom is -0.490 e. The molecule has 168 valence electrons. The summed E-state index contributed by atoms with van der Waals surface area (Å²) in [4.78, 5) is 15.8. The second-order valence-electron chi connectivity index (χ2n) is 9.43. The fourth-order valence-electron chi connectivity index (χ4n) is 5.51. The van der Waals surface area contributed by atoms with E-state index in [0.717, 1.165) is 64.2 Å². The lowest BCUT2D eigenvalue weighted by Crippen LogP contribution is -2.42. The second kappa shape index (κ2) is 8.23. The van der Waals surface area contributed by atoms with Gasteiger partial charge in [-0.25, -0.2) is 0 Å². The summed E-state index contributed by atoms with van der Waals surface area (Å²) in [5.74, 6) is 1.02. The zero-order valence-electron chi connectivity index (χ0n) is 19.1. The summed E-state index contributed by atoms with van der Waals surface area (Å²) < 4.78 is 9.83. The average Bonchev–Trinajstić information content (AvgIpc) is 2.78. The maximum Gasteiger partial charge on any atom is 0.191 e. The molecule has 0 bridgehead atoms. The van der Waals surface area contributed by atoms with E-state index in [-0.39, 0.29) is 17.3 Å². The van der Waals surface area contributed by atoms with Gasteiger partial charge >= 0.3 is 0 Å². The summed E-state index contributed by atoms with van der Waals surface area (Å²) in [7, 11) is 2.08. The molecule has 5 rings (SSSR count). The molecule has 0 saturated carbocycles. The Bertz CT molecular complexity index is 1120. The molecule has 0 amide bonds. The highest BCUT2D eigenvalue weighted by atomic mass is 79.9. The van der Waals surface area contributed by atoms with Crippen LogP contribution < -0.4 is 9.64 Å². The van der Waals surface area contributed by atoms with Gasteiger partial charge in [0, 0.05) is 59.0 Å². The standard InChI is InChI=1S/C26H29BrN2O2S/c1-26(2)22-15-19(31-18-9-11-29(32-4)12-10-18)7-8-20(22)24(30)21-13-16-5-6-17(27)14-23(16)28(3)25(21)26/h5-8,14-15,18H,9-13H2,1-4H3. The Balaban J connectivity index is 1.48. The number of ketones is 1. The van der Waals surface area contributed by atoms with Crippen molar-refractivity contribution in [2.75, 3.05) is 31.3 Å². The van der Waals surface area contributed by atoms with Crippen LogP contribution in [-0.2, 0) is 11.8 Å². The Kier molecular flexibility index (Phi) is 5.67. The van der Waals surface area contributed by atoms with Gasteiger partial charge in [-0.3, -0.25) is 9.10 Å². The van der Waals surface area contributed by atoms with Crippen LogP contribution in [0.25, 0.3) is 0 Å². The van der Waals surface area contributed by atoms with Gasteiger partial charge in [0.1, 0.15) is 11.9 Å². The molecule has 32 heavy (non-hydrogen) atoms. The predicted molar refractivity (Wildman–Crippen MR) is 136 cm³/mol. The van der Waals surface area contributed by atoms with E-state index >= 15 is 0 Å². The maximum atomic E-state index is 13.6. The van der Waals surface area contributed by atoms with E-state index < -0.39 is 0 Å². The van der Waals surface area contributed by atoms with Crippen molar-refractivity contribution in [3.8, 4) is 5.75 Å². The van der Waals surface area contributed by atoms with Gasteiger partial charge in [0.05, 0.1) is 0 Å². The molecule has 2 aromatic rings. The highest BCUT2D eigenvalue weighted by molar-refractivity contribution is 9.10. The van der Waals surface area contributed by atoms with Crippen LogP contribution in [0.5, 0.6) is 5.75 Å². The zero-order chi connectivity index (χ0) is 22.6. The average molecular weight is 514 g/mol. The van der Waals surface area contributed by atoms with Gasteiger partial charge in [0.25, 0.3) is 0 Å². The molecule has 1 saturated heterocycles. The van der Waals surface area contributed by atoms with Crippen molar-refractivity contribution in [1.29, 1.82) is 0 Å². The number of fused-ring (bicyclic) bond motifs is 2. The van der Waals surface area contributed by atoms with Crippen LogP contribution >= 0.6 is 27.9 Å². The lowest BCUT2D eigenvalue weighted by molar-refractivity contribution is 0.102. The van der Waals surface area contributed by atoms with Gasteiger partial charge < -0.3 is 9.64 Å². The first-order chi connectivity index (χ1) is 15.3. The summed E-state index contributed by atoms with van der Waals surface area (Å²) >= 11 is 5.41. The number of benzene rings is 2. The van der Waals surface area contributed by atoms with Gasteiger partial charge in [-0.05, 0) is 60.6 Å². The maximum absolute atomic E-state index is 13.6. The third kappa shape index (κ3) is 3.61. The number of nitrogens with zero attached hydrogens (tertiary/aromatic N) is 2.